The number of nitrogens with zero attached hydrogens (tertiary/aromatic N) is 1. The molecule has 0 aliphatic rings. The van der Waals surface area contributed by atoms with Gasteiger partial charge in [0.25, 0.3) is 0 Å². The van der Waals surface area contributed by atoms with E-state index in [-0.39, 0.29) is 6.73 Å². The molecule has 0 rings (SSSR count). The summed E-state index contributed by atoms with van der Waals surface area (Å²) in [6.45, 7) is 4.45. The predicted octanol–water partition coefficient (Wildman–Crippen LogP) is -0.452. The molecule has 0 fully saturated rings. The Morgan fingerprint density at radius 1 is 1.67 bits per heavy atom. The van der Waals surface area contributed by atoms with Crippen molar-refractivity contribution in [2.24, 2.45) is 5.16 Å². The molecular formula is C5H12N2O2. The molecule has 0 saturated carbocycles. The highest BCUT2D eigenvalue weighted by Crippen LogP contribution is 1.78. The van der Waals surface area contributed by atoms with Crippen molar-refractivity contribution in [3.05, 3.63) is 0 Å². The first-order chi connectivity index (χ1) is 4.41. The van der Waals surface area contributed by atoms with Gasteiger partial charge in [0.2, 0.25) is 0 Å². The molecule has 2 N–H and O–H groups in total. The highest BCUT2D eigenvalue weighted by atomic mass is 16.6. The van der Waals surface area contributed by atoms with Gasteiger partial charge >= 0.3 is 0 Å². The summed E-state index contributed by atoms with van der Waals surface area (Å²) in [6, 6.07) is 0. The fourth-order valence-corrected chi connectivity index (χ4v) is 0.405. The van der Waals surface area contributed by atoms with Gasteiger partial charge in [-0.15, -0.1) is 5.16 Å². The maximum absolute atomic E-state index is 8.24. The second kappa shape index (κ2) is 7.39. The van der Waals surface area contributed by atoms with Gasteiger partial charge in [-0.3, -0.25) is 5.32 Å². The van der Waals surface area contributed by atoms with Crippen LogP contribution in [0.15, 0.2) is 5.16 Å². The maximum atomic E-state index is 8.24. The average Bonchev–Trinajstić information content (AvgIpc) is 1.89. The molecule has 4 nitrogen and oxygen atoms in total. The van der Waals surface area contributed by atoms with Crippen molar-refractivity contribution in [2.45, 2.75) is 6.42 Å². The summed E-state index contributed by atoms with van der Waals surface area (Å²) in [5, 5.41) is 14.1. The molecule has 9 heavy (non-hydrogen) atoms. The third-order valence-electron chi connectivity index (χ3n) is 0.792. The van der Waals surface area contributed by atoms with Crippen molar-refractivity contribution in [1.82, 2.24) is 5.32 Å². The van der Waals surface area contributed by atoms with E-state index in [2.05, 4.69) is 22.0 Å². The third-order valence-corrected chi connectivity index (χ3v) is 0.792. The molecular weight excluding hydrogens is 120 g/mol. The van der Waals surface area contributed by atoms with Crippen molar-refractivity contribution >= 4 is 6.72 Å². The standard InChI is InChI=1S/C5H12N2O2/c1-6-9-4-2-3-7-5-8/h7-8H,1-5H2. The van der Waals surface area contributed by atoms with Crippen molar-refractivity contribution < 1.29 is 9.94 Å². The second-order valence-electron chi connectivity index (χ2n) is 1.47. The molecule has 0 aromatic rings. The molecule has 0 aromatic carbocycles. The lowest BCUT2D eigenvalue weighted by molar-refractivity contribution is 0.141. The van der Waals surface area contributed by atoms with Crippen LogP contribution in [0.5, 0.6) is 0 Å². The Hall–Kier alpha value is -0.610. The van der Waals surface area contributed by atoms with E-state index in [1.165, 1.54) is 0 Å². The van der Waals surface area contributed by atoms with Crippen LogP contribution >= 0.6 is 0 Å². The average molecular weight is 132 g/mol. The molecule has 54 valence electrons. The summed E-state index contributed by atoms with van der Waals surface area (Å²) < 4.78 is 0. The van der Waals surface area contributed by atoms with Crippen LogP contribution in [-0.2, 0) is 4.84 Å². The first-order valence-electron chi connectivity index (χ1n) is 2.81. The van der Waals surface area contributed by atoms with E-state index >= 15 is 0 Å². The van der Waals surface area contributed by atoms with Gasteiger partial charge in [0.15, 0.2) is 0 Å². The van der Waals surface area contributed by atoms with Crippen LogP contribution in [0.1, 0.15) is 6.42 Å². The monoisotopic (exact) mass is 132 g/mol. The first-order valence-corrected chi connectivity index (χ1v) is 2.81. The lowest BCUT2D eigenvalue weighted by atomic mass is 10.5. The highest BCUT2D eigenvalue weighted by molar-refractivity contribution is 5.21. The van der Waals surface area contributed by atoms with Gasteiger partial charge in [0.05, 0.1) is 6.73 Å². The number of nitrogens with one attached hydrogen (secondary N) is 1. The SMILES string of the molecule is C=NOCCCNCO. The van der Waals surface area contributed by atoms with E-state index in [0.717, 1.165) is 13.0 Å². The number of hydrogen-bond donors (Lipinski definition) is 2. The van der Waals surface area contributed by atoms with Gasteiger partial charge < -0.3 is 9.94 Å². The number of aliphatic hydroxyl groups excluding tert-OH is 1. The van der Waals surface area contributed by atoms with Crippen molar-refractivity contribution in [3.8, 4) is 0 Å². The Morgan fingerprint density at radius 3 is 3.00 bits per heavy atom. The summed E-state index contributed by atoms with van der Waals surface area (Å²) in [5.74, 6) is 0. The molecule has 0 amide bonds. The van der Waals surface area contributed by atoms with Crippen LogP contribution in [0, 0.1) is 0 Å². The Balaban J connectivity index is 2.66. The van der Waals surface area contributed by atoms with Crippen LogP contribution in [0.3, 0.4) is 0 Å². The maximum Gasteiger partial charge on any atom is 0.118 e. The molecule has 0 atom stereocenters. The van der Waals surface area contributed by atoms with Crippen LogP contribution < -0.4 is 5.32 Å². The lowest BCUT2D eigenvalue weighted by Crippen LogP contribution is -2.16. The van der Waals surface area contributed by atoms with Crippen molar-refractivity contribution in [1.29, 1.82) is 0 Å². The normalized spacial score (nSPS) is 9.00. The summed E-state index contributed by atoms with van der Waals surface area (Å²) in [5.41, 5.74) is 0. The van der Waals surface area contributed by atoms with E-state index < -0.39 is 0 Å². The fourth-order valence-electron chi connectivity index (χ4n) is 0.405. The summed E-state index contributed by atoms with van der Waals surface area (Å²) >= 11 is 0. The number of aliphatic hydroxyl groups is 1. The Labute approximate surface area is 54.5 Å². The molecule has 0 bridgehead atoms. The molecule has 0 saturated heterocycles. The molecule has 4 heteroatoms. The molecule has 0 heterocycles. The predicted molar refractivity (Wildman–Crippen MR) is 35.2 cm³/mol. The zero-order chi connectivity index (χ0) is 6.95. The van der Waals surface area contributed by atoms with E-state index in [0.29, 0.717) is 6.61 Å². The minimum atomic E-state index is 0.0154. The van der Waals surface area contributed by atoms with E-state index in [1.807, 2.05) is 0 Å². The van der Waals surface area contributed by atoms with Crippen LogP contribution in [0.4, 0.5) is 0 Å². The second-order valence-corrected chi connectivity index (χ2v) is 1.47. The fraction of sp³-hybridized carbons (Fsp3) is 0.800. The van der Waals surface area contributed by atoms with Crippen molar-refractivity contribution in [3.63, 3.8) is 0 Å². The number of oxime groups is 1. The van der Waals surface area contributed by atoms with Gasteiger partial charge in [-0.05, 0) is 6.42 Å². The topological polar surface area (TPSA) is 53.8 Å². The van der Waals surface area contributed by atoms with E-state index in [4.69, 9.17) is 5.11 Å². The Bertz CT molecular complexity index is 68.0. The lowest BCUT2D eigenvalue weighted by Gasteiger charge is -1.98. The summed E-state index contributed by atoms with van der Waals surface area (Å²) in [4.78, 5) is 4.57. The van der Waals surface area contributed by atoms with Crippen LogP contribution in [0.2, 0.25) is 0 Å². The Morgan fingerprint density at radius 2 is 2.44 bits per heavy atom. The largest absolute Gasteiger partial charge is 0.396 e. The van der Waals surface area contributed by atoms with Crippen LogP contribution in [0.25, 0.3) is 0 Å². The van der Waals surface area contributed by atoms with E-state index in [1.54, 1.807) is 0 Å². The minimum absolute atomic E-state index is 0.0154. The zero-order valence-corrected chi connectivity index (χ0v) is 5.34. The summed E-state index contributed by atoms with van der Waals surface area (Å²) in [6.07, 6.45) is 0.833. The molecule has 0 aliphatic heterocycles. The Kier molecular flexibility index (Phi) is 6.89. The van der Waals surface area contributed by atoms with Crippen LogP contribution in [-0.4, -0.2) is 31.7 Å². The molecule has 0 radical (unpaired) electrons. The van der Waals surface area contributed by atoms with Gasteiger partial charge in [-0.2, -0.15) is 0 Å². The quantitative estimate of drug-likeness (QED) is 0.223. The summed E-state index contributed by atoms with van der Waals surface area (Å²) in [7, 11) is 0. The number of rotatable bonds is 6. The molecule has 0 unspecified atom stereocenters. The van der Waals surface area contributed by atoms with E-state index in [9.17, 15) is 0 Å². The van der Waals surface area contributed by atoms with Gasteiger partial charge in [-0.1, -0.05) is 0 Å². The van der Waals surface area contributed by atoms with Gasteiger partial charge in [0, 0.05) is 13.3 Å². The van der Waals surface area contributed by atoms with Gasteiger partial charge in [0.1, 0.15) is 6.61 Å². The molecule has 0 aliphatic carbocycles. The minimum Gasteiger partial charge on any atom is -0.396 e. The first kappa shape index (κ1) is 8.39. The number of hydrogen-bond acceptors (Lipinski definition) is 4. The van der Waals surface area contributed by atoms with Gasteiger partial charge in [-0.25, -0.2) is 0 Å². The highest BCUT2D eigenvalue weighted by Gasteiger charge is 1.83. The third kappa shape index (κ3) is 7.39. The molecule has 0 spiro atoms. The smallest absolute Gasteiger partial charge is 0.118 e. The van der Waals surface area contributed by atoms with Crippen molar-refractivity contribution in [2.75, 3.05) is 19.9 Å². The molecule has 0 aromatic heterocycles. The zero-order valence-electron chi connectivity index (χ0n) is 5.34.